The second-order valence-corrected chi connectivity index (χ2v) is 7.97. The SMILES string of the molecule is C[C@H]1C[C@H](C(=O)Nc2c[nH]c3ccc(OCCc4ccc(C(F)(F)F)cc4)cc23)C1. The second kappa shape index (κ2) is 8.05. The number of carbonyl (C=O) groups is 1. The quantitative estimate of drug-likeness (QED) is 0.534. The first-order chi connectivity index (χ1) is 14.3. The summed E-state index contributed by atoms with van der Waals surface area (Å²) in [6.07, 6.45) is -0.215. The van der Waals surface area contributed by atoms with E-state index in [9.17, 15) is 18.0 Å². The van der Waals surface area contributed by atoms with Crippen molar-refractivity contribution in [2.24, 2.45) is 11.8 Å². The van der Waals surface area contributed by atoms with Gasteiger partial charge < -0.3 is 15.0 Å². The summed E-state index contributed by atoms with van der Waals surface area (Å²) in [5.74, 6) is 1.37. The third-order valence-electron chi connectivity index (χ3n) is 5.60. The van der Waals surface area contributed by atoms with E-state index >= 15 is 0 Å². The van der Waals surface area contributed by atoms with Crippen molar-refractivity contribution in [3.05, 3.63) is 59.8 Å². The van der Waals surface area contributed by atoms with Gasteiger partial charge in [0.1, 0.15) is 5.75 Å². The maximum Gasteiger partial charge on any atom is 0.416 e. The van der Waals surface area contributed by atoms with Crippen LogP contribution < -0.4 is 10.1 Å². The van der Waals surface area contributed by atoms with Crippen molar-refractivity contribution in [3.63, 3.8) is 0 Å². The van der Waals surface area contributed by atoms with E-state index in [4.69, 9.17) is 4.74 Å². The highest BCUT2D eigenvalue weighted by Gasteiger charge is 2.32. The smallest absolute Gasteiger partial charge is 0.416 e. The fraction of sp³-hybridized carbons (Fsp3) is 0.348. The molecule has 1 heterocycles. The number of hydrogen-bond acceptors (Lipinski definition) is 2. The molecule has 4 rings (SSSR count). The van der Waals surface area contributed by atoms with Crippen LogP contribution in [0.15, 0.2) is 48.7 Å². The Labute approximate surface area is 172 Å². The number of hydrogen-bond donors (Lipinski definition) is 2. The van der Waals surface area contributed by atoms with Crippen molar-refractivity contribution >= 4 is 22.5 Å². The molecule has 0 radical (unpaired) electrons. The van der Waals surface area contributed by atoms with E-state index in [2.05, 4.69) is 17.2 Å². The molecule has 0 saturated heterocycles. The number of nitrogens with one attached hydrogen (secondary N) is 2. The van der Waals surface area contributed by atoms with Crippen molar-refractivity contribution < 1.29 is 22.7 Å². The molecule has 1 saturated carbocycles. The van der Waals surface area contributed by atoms with Crippen molar-refractivity contribution in [1.29, 1.82) is 0 Å². The van der Waals surface area contributed by atoms with Crippen LogP contribution in [-0.2, 0) is 17.4 Å². The van der Waals surface area contributed by atoms with Gasteiger partial charge in [0.2, 0.25) is 5.91 Å². The van der Waals surface area contributed by atoms with Gasteiger partial charge in [-0.2, -0.15) is 13.2 Å². The van der Waals surface area contributed by atoms with E-state index in [0.29, 0.717) is 24.7 Å². The van der Waals surface area contributed by atoms with Crippen molar-refractivity contribution in [3.8, 4) is 5.75 Å². The Morgan fingerprint density at radius 2 is 1.90 bits per heavy atom. The standard InChI is InChI=1S/C23H23F3N2O2/c1-14-10-16(11-14)22(29)28-21-13-27-20-7-6-18(12-19(20)21)30-9-8-15-2-4-17(5-3-15)23(24,25)26/h2-7,12-14,16,27H,8-11H2,1H3,(H,28,29)/t14-,16-. The Hall–Kier alpha value is -2.96. The average molecular weight is 416 g/mol. The number of aromatic nitrogens is 1. The molecule has 30 heavy (non-hydrogen) atoms. The van der Waals surface area contributed by atoms with Gasteiger partial charge in [-0.3, -0.25) is 4.79 Å². The zero-order valence-electron chi connectivity index (χ0n) is 16.6. The number of anilines is 1. The number of halogens is 3. The van der Waals surface area contributed by atoms with Crippen LogP contribution in [0.3, 0.4) is 0 Å². The number of benzene rings is 2. The molecule has 1 aliphatic carbocycles. The first kappa shape index (κ1) is 20.3. The highest BCUT2D eigenvalue weighted by atomic mass is 19.4. The molecule has 2 aromatic carbocycles. The third kappa shape index (κ3) is 4.45. The summed E-state index contributed by atoms with van der Waals surface area (Å²) in [7, 11) is 0. The molecular formula is C23H23F3N2O2. The molecule has 1 aliphatic rings. The van der Waals surface area contributed by atoms with Crippen molar-refractivity contribution in [2.75, 3.05) is 11.9 Å². The molecule has 4 nitrogen and oxygen atoms in total. The molecule has 1 amide bonds. The number of aromatic amines is 1. The zero-order valence-corrected chi connectivity index (χ0v) is 16.6. The molecule has 0 bridgehead atoms. The first-order valence-electron chi connectivity index (χ1n) is 10.0. The topological polar surface area (TPSA) is 54.1 Å². The number of alkyl halides is 3. The van der Waals surface area contributed by atoms with Gasteiger partial charge in [-0.15, -0.1) is 0 Å². The Kier molecular flexibility index (Phi) is 5.45. The number of fused-ring (bicyclic) bond motifs is 1. The van der Waals surface area contributed by atoms with Crippen LogP contribution in [0.25, 0.3) is 10.9 Å². The van der Waals surface area contributed by atoms with Crippen LogP contribution in [0.1, 0.15) is 30.9 Å². The van der Waals surface area contributed by atoms with Gasteiger partial charge in [0.25, 0.3) is 0 Å². The monoisotopic (exact) mass is 416 g/mol. The Morgan fingerprint density at radius 1 is 1.17 bits per heavy atom. The highest BCUT2D eigenvalue weighted by Crippen LogP contribution is 2.35. The predicted octanol–water partition coefficient (Wildman–Crippen LogP) is 5.79. The van der Waals surface area contributed by atoms with Gasteiger partial charge in [-0.1, -0.05) is 19.1 Å². The fourth-order valence-electron chi connectivity index (χ4n) is 3.79. The maximum atomic E-state index is 12.6. The molecule has 0 atom stereocenters. The van der Waals surface area contributed by atoms with Crippen LogP contribution >= 0.6 is 0 Å². The summed E-state index contributed by atoms with van der Waals surface area (Å²) in [6, 6.07) is 10.7. The van der Waals surface area contributed by atoms with Gasteiger partial charge in [-0.25, -0.2) is 0 Å². The molecule has 1 fully saturated rings. The number of carbonyl (C=O) groups excluding carboxylic acids is 1. The first-order valence-corrected chi connectivity index (χ1v) is 10.0. The normalized spacial score (nSPS) is 18.8. The lowest BCUT2D eigenvalue weighted by molar-refractivity contribution is -0.137. The lowest BCUT2D eigenvalue weighted by atomic mass is 9.75. The minimum atomic E-state index is -4.33. The maximum absolute atomic E-state index is 12.6. The molecule has 1 aromatic heterocycles. The van der Waals surface area contributed by atoms with E-state index in [1.165, 1.54) is 12.1 Å². The minimum absolute atomic E-state index is 0.0441. The van der Waals surface area contributed by atoms with E-state index in [1.54, 1.807) is 6.20 Å². The summed E-state index contributed by atoms with van der Waals surface area (Å²) < 4.78 is 43.7. The van der Waals surface area contributed by atoms with Crippen LogP contribution in [0.5, 0.6) is 5.75 Å². The zero-order chi connectivity index (χ0) is 21.3. The second-order valence-electron chi connectivity index (χ2n) is 7.97. The van der Waals surface area contributed by atoms with Crippen LogP contribution in [0.4, 0.5) is 18.9 Å². The van der Waals surface area contributed by atoms with E-state index in [0.717, 1.165) is 47.1 Å². The summed E-state index contributed by atoms with van der Waals surface area (Å²) in [5, 5.41) is 3.86. The van der Waals surface area contributed by atoms with Crippen LogP contribution in [-0.4, -0.2) is 17.5 Å². The lowest BCUT2D eigenvalue weighted by Crippen LogP contribution is -2.33. The van der Waals surface area contributed by atoms with Gasteiger partial charge in [0.15, 0.2) is 0 Å². The lowest BCUT2D eigenvalue weighted by Gasteiger charge is -2.31. The summed E-state index contributed by atoms with van der Waals surface area (Å²) in [4.78, 5) is 15.5. The number of ether oxygens (including phenoxy) is 1. The fourth-order valence-corrected chi connectivity index (χ4v) is 3.79. The highest BCUT2D eigenvalue weighted by molar-refractivity contribution is 6.03. The Morgan fingerprint density at radius 3 is 2.57 bits per heavy atom. The van der Waals surface area contributed by atoms with E-state index < -0.39 is 11.7 Å². The molecule has 0 aliphatic heterocycles. The van der Waals surface area contributed by atoms with Gasteiger partial charge in [-0.05, 0) is 54.7 Å². The average Bonchev–Trinajstić information content (AvgIpc) is 3.07. The van der Waals surface area contributed by atoms with Crippen molar-refractivity contribution in [2.45, 2.75) is 32.4 Å². The molecule has 3 aromatic rings. The number of H-pyrrole nitrogens is 1. The number of amides is 1. The predicted molar refractivity (Wildman–Crippen MR) is 109 cm³/mol. The van der Waals surface area contributed by atoms with E-state index in [-0.39, 0.29) is 11.8 Å². The summed E-state index contributed by atoms with van der Waals surface area (Å²) in [5.41, 5.74) is 1.73. The van der Waals surface area contributed by atoms with E-state index in [1.807, 2.05) is 18.2 Å². The largest absolute Gasteiger partial charge is 0.493 e. The Balaban J connectivity index is 1.37. The summed E-state index contributed by atoms with van der Waals surface area (Å²) in [6.45, 7) is 2.48. The summed E-state index contributed by atoms with van der Waals surface area (Å²) >= 11 is 0. The van der Waals surface area contributed by atoms with Gasteiger partial charge in [0, 0.05) is 29.4 Å². The minimum Gasteiger partial charge on any atom is -0.493 e. The molecule has 0 unspecified atom stereocenters. The van der Waals surface area contributed by atoms with Gasteiger partial charge in [0.05, 0.1) is 17.9 Å². The molecule has 158 valence electrons. The van der Waals surface area contributed by atoms with Crippen LogP contribution in [0.2, 0.25) is 0 Å². The molecular weight excluding hydrogens is 393 g/mol. The molecule has 2 N–H and O–H groups in total. The molecule has 0 spiro atoms. The van der Waals surface area contributed by atoms with Crippen LogP contribution in [0, 0.1) is 11.8 Å². The van der Waals surface area contributed by atoms with Crippen molar-refractivity contribution in [1.82, 2.24) is 4.98 Å². The number of rotatable bonds is 6. The Bertz CT molecular complexity index is 1030. The third-order valence-corrected chi connectivity index (χ3v) is 5.60. The molecule has 7 heteroatoms. The van der Waals surface area contributed by atoms with Gasteiger partial charge >= 0.3 is 6.18 Å².